The van der Waals surface area contributed by atoms with Gasteiger partial charge in [-0.2, -0.15) is 4.31 Å². The third kappa shape index (κ3) is 4.01. The van der Waals surface area contributed by atoms with Crippen LogP contribution in [0.2, 0.25) is 0 Å². The predicted octanol–water partition coefficient (Wildman–Crippen LogP) is 2.36. The molecule has 1 N–H and O–H groups in total. The van der Waals surface area contributed by atoms with E-state index in [0.717, 1.165) is 15.3 Å². The van der Waals surface area contributed by atoms with E-state index in [-0.39, 0.29) is 12.1 Å². The van der Waals surface area contributed by atoms with E-state index in [9.17, 15) is 13.2 Å². The fourth-order valence-electron chi connectivity index (χ4n) is 2.34. The molecule has 2 aromatic carbocycles. The maximum atomic E-state index is 12.4. The summed E-state index contributed by atoms with van der Waals surface area (Å²) in [4.78, 5) is 19.0. The Kier molecular flexibility index (Phi) is 4.78. The van der Waals surface area contributed by atoms with Crippen LogP contribution in [0.5, 0.6) is 0 Å². The second-order valence-corrected chi connectivity index (χ2v) is 7.47. The van der Waals surface area contributed by atoms with E-state index in [2.05, 4.69) is 9.97 Å². The summed E-state index contributed by atoms with van der Waals surface area (Å²) in [5, 5.41) is 1.61. The van der Waals surface area contributed by atoms with Crippen molar-refractivity contribution >= 4 is 27.0 Å². The zero-order valence-corrected chi connectivity index (χ0v) is 14.4. The summed E-state index contributed by atoms with van der Waals surface area (Å²) in [5.41, 5.74) is 1.04. The summed E-state index contributed by atoms with van der Waals surface area (Å²) in [6.45, 7) is -0.0263. The summed E-state index contributed by atoms with van der Waals surface area (Å²) in [5.74, 6) is 0.294. The van der Waals surface area contributed by atoms with E-state index in [4.69, 9.17) is 0 Å². The second kappa shape index (κ2) is 7.00. The van der Waals surface area contributed by atoms with E-state index < -0.39 is 10.0 Å². The number of aromatic amines is 1. The van der Waals surface area contributed by atoms with Gasteiger partial charge >= 0.3 is 0 Å². The Morgan fingerprint density at radius 3 is 2.52 bits per heavy atom. The average molecular weight is 355 g/mol. The maximum absolute atomic E-state index is 12.4. The van der Waals surface area contributed by atoms with Crippen LogP contribution < -0.4 is 5.56 Å². The minimum atomic E-state index is -3.63. The lowest BCUT2D eigenvalue weighted by molar-refractivity contribution is 0.465. The number of fused-ring (bicyclic) bond motifs is 1. The van der Waals surface area contributed by atoms with Crippen molar-refractivity contribution in [3.63, 3.8) is 0 Å². The quantitative estimate of drug-likeness (QED) is 0.761. The van der Waals surface area contributed by atoms with E-state index >= 15 is 0 Å². The molecule has 1 heterocycles. The number of nitrogens with one attached hydrogen (secondary N) is 1. The number of para-hydroxylation sites is 1. The van der Waals surface area contributed by atoms with Crippen molar-refractivity contribution in [2.24, 2.45) is 0 Å². The van der Waals surface area contributed by atoms with Crippen LogP contribution in [-0.2, 0) is 16.6 Å². The Morgan fingerprint density at radius 2 is 1.76 bits per heavy atom. The number of hydrogen-bond donors (Lipinski definition) is 1. The molecular formula is C18H17N3O3S. The molecule has 25 heavy (non-hydrogen) atoms. The molecule has 6 nitrogen and oxygen atoms in total. The Labute approximate surface area is 145 Å². The van der Waals surface area contributed by atoms with Crippen LogP contribution in [0.4, 0.5) is 0 Å². The van der Waals surface area contributed by atoms with Crippen molar-refractivity contribution in [2.45, 2.75) is 6.54 Å². The Hall–Kier alpha value is -2.77. The number of nitrogens with zero attached hydrogens (tertiary/aromatic N) is 2. The van der Waals surface area contributed by atoms with Crippen LogP contribution in [0.25, 0.3) is 17.0 Å². The molecule has 0 aliphatic carbocycles. The van der Waals surface area contributed by atoms with Gasteiger partial charge in [0.25, 0.3) is 5.56 Å². The van der Waals surface area contributed by atoms with Gasteiger partial charge in [0, 0.05) is 12.5 Å². The molecule has 0 saturated carbocycles. The summed E-state index contributed by atoms with van der Waals surface area (Å²) in [6, 6.07) is 16.1. The molecule has 0 atom stereocenters. The van der Waals surface area contributed by atoms with Gasteiger partial charge < -0.3 is 4.98 Å². The highest BCUT2D eigenvalue weighted by Crippen LogP contribution is 2.10. The molecule has 0 unspecified atom stereocenters. The van der Waals surface area contributed by atoms with E-state index in [1.165, 1.54) is 13.1 Å². The van der Waals surface area contributed by atoms with Gasteiger partial charge in [-0.3, -0.25) is 4.79 Å². The largest absolute Gasteiger partial charge is 0.309 e. The van der Waals surface area contributed by atoms with Crippen LogP contribution in [0, 0.1) is 0 Å². The van der Waals surface area contributed by atoms with Crippen molar-refractivity contribution in [3.8, 4) is 0 Å². The molecule has 0 saturated heterocycles. The number of rotatable bonds is 5. The maximum Gasteiger partial charge on any atom is 0.258 e. The average Bonchev–Trinajstić information content (AvgIpc) is 2.61. The third-order valence-electron chi connectivity index (χ3n) is 3.70. The normalized spacial score (nSPS) is 12.2. The molecule has 0 bridgehead atoms. The van der Waals surface area contributed by atoms with Crippen LogP contribution in [0.3, 0.4) is 0 Å². The molecule has 3 aromatic rings. The van der Waals surface area contributed by atoms with Gasteiger partial charge in [0.2, 0.25) is 10.0 Å². The van der Waals surface area contributed by atoms with E-state index in [1.54, 1.807) is 24.3 Å². The zero-order valence-electron chi connectivity index (χ0n) is 13.6. The summed E-state index contributed by atoms with van der Waals surface area (Å²) >= 11 is 0. The van der Waals surface area contributed by atoms with Crippen molar-refractivity contribution in [1.29, 1.82) is 0 Å². The summed E-state index contributed by atoms with van der Waals surface area (Å²) in [6.07, 6.45) is 1.53. The van der Waals surface area contributed by atoms with Gasteiger partial charge in [0.15, 0.2) is 0 Å². The molecule has 0 spiro atoms. The molecule has 0 radical (unpaired) electrons. The molecule has 0 aliphatic rings. The topological polar surface area (TPSA) is 83.1 Å². The van der Waals surface area contributed by atoms with Crippen LogP contribution in [0.15, 0.2) is 64.8 Å². The van der Waals surface area contributed by atoms with Gasteiger partial charge in [-0.15, -0.1) is 0 Å². The van der Waals surface area contributed by atoms with Crippen LogP contribution >= 0.6 is 0 Å². The Bertz CT molecular complexity index is 1070. The monoisotopic (exact) mass is 355 g/mol. The van der Waals surface area contributed by atoms with Gasteiger partial charge in [-0.1, -0.05) is 42.5 Å². The van der Waals surface area contributed by atoms with Crippen LogP contribution in [0.1, 0.15) is 11.4 Å². The Balaban J connectivity index is 1.82. The highest BCUT2D eigenvalue weighted by atomic mass is 32.2. The summed E-state index contributed by atoms with van der Waals surface area (Å²) in [7, 11) is -2.19. The second-order valence-electron chi connectivity index (χ2n) is 5.54. The van der Waals surface area contributed by atoms with E-state index in [1.807, 2.05) is 30.3 Å². The lowest BCUT2D eigenvalue weighted by Gasteiger charge is -2.14. The van der Waals surface area contributed by atoms with E-state index in [0.29, 0.717) is 16.7 Å². The minimum absolute atomic E-state index is 0.0263. The fraction of sp³-hybridized carbons (Fsp3) is 0.111. The van der Waals surface area contributed by atoms with Crippen molar-refractivity contribution < 1.29 is 8.42 Å². The number of H-pyrrole nitrogens is 1. The summed E-state index contributed by atoms with van der Waals surface area (Å²) < 4.78 is 25.9. The van der Waals surface area contributed by atoms with Crippen molar-refractivity contribution in [1.82, 2.24) is 14.3 Å². The molecular weight excluding hydrogens is 338 g/mol. The Morgan fingerprint density at radius 1 is 1.08 bits per heavy atom. The van der Waals surface area contributed by atoms with Crippen molar-refractivity contribution in [3.05, 3.63) is 81.7 Å². The van der Waals surface area contributed by atoms with Gasteiger partial charge in [0.1, 0.15) is 5.82 Å². The SMILES string of the molecule is CN(Cc1nc2ccccc2c(=O)[nH]1)S(=O)(=O)/C=C/c1ccccc1. The van der Waals surface area contributed by atoms with Crippen molar-refractivity contribution in [2.75, 3.05) is 7.05 Å². The highest BCUT2D eigenvalue weighted by Gasteiger charge is 2.16. The van der Waals surface area contributed by atoms with Gasteiger partial charge in [0.05, 0.1) is 17.4 Å². The lowest BCUT2D eigenvalue weighted by Crippen LogP contribution is -2.26. The molecule has 128 valence electrons. The minimum Gasteiger partial charge on any atom is -0.309 e. The lowest BCUT2D eigenvalue weighted by atomic mass is 10.2. The predicted molar refractivity (Wildman–Crippen MR) is 98.2 cm³/mol. The molecule has 1 aromatic heterocycles. The molecule has 0 amide bonds. The number of hydrogen-bond acceptors (Lipinski definition) is 4. The molecule has 7 heteroatoms. The standard InChI is InChI=1S/C18H17N3O3S/c1-21(25(23,24)12-11-14-7-3-2-4-8-14)13-17-19-16-10-6-5-9-15(16)18(22)20-17/h2-12H,13H2,1H3,(H,19,20,22)/b12-11+. The smallest absolute Gasteiger partial charge is 0.258 e. The first kappa shape index (κ1) is 17.1. The van der Waals surface area contributed by atoms with Gasteiger partial charge in [-0.25, -0.2) is 13.4 Å². The third-order valence-corrected chi connectivity index (χ3v) is 5.18. The molecule has 0 fully saturated rings. The molecule has 3 rings (SSSR count). The van der Waals surface area contributed by atoms with Crippen LogP contribution in [-0.4, -0.2) is 29.7 Å². The first-order valence-corrected chi connectivity index (χ1v) is 9.13. The zero-order chi connectivity index (χ0) is 17.9. The first-order chi connectivity index (χ1) is 12.0. The first-order valence-electron chi connectivity index (χ1n) is 7.63. The number of aromatic nitrogens is 2. The fourth-order valence-corrected chi connectivity index (χ4v) is 3.18. The molecule has 0 aliphatic heterocycles. The highest BCUT2D eigenvalue weighted by molar-refractivity contribution is 7.92. The number of sulfonamides is 1. The number of benzene rings is 2. The van der Waals surface area contributed by atoms with Gasteiger partial charge in [-0.05, 0) is 23.8 Å².